The summed E-state index contributed by atoms with van der Waals surface area (Å²) in [6.45, 7) is 1.29. The predicted molar refractivity (Wildman–Crippen MR) is 54.5 cm³/mol. The molecule has 1 saturated carbocycles. The maximum atomic E-state index is 11.4. The highest BCUT2D eigenvalue weighted by Crippen LogP contribution is 2.18. The Hall–Kier alpha value is -0.660. The second-order valence-corrected chi connectivity index (χ2v) is 5.26. The number of carboxylic acids is 1. The highest BCUT2D eigenvalue weighted by atomic mass is 32.2. The van der Waals surface area contributed by atoms with Gasteiger partial charge in [0.15, 0.2) is 0 Å². The Kier molecular flexibility index (Phi) is 4.06. The Balaban J connectivity index is 2.47. The molecule has 0 aromatic heterocycles. The van der Waals surface area contributed by atoms with Crippen molar-refractivity contribution >= 4 is 16.2 Å². The predicted octanol–water partition coefficient (Wildman–Crippen LogP) is -0.174. The van der Waals surface area contributed by atoms with Gasteiger partial charge in [0.25, 0.3) is 10.2 Å². The lowest BCUT2D eigenvalue weighted by Crippen LogP contribution is -2.47. The molecule has 7 heteroatoms. The van der Waals surface area contributed by atoms with Crippen LogP contribution in [-0.4, -0.2) is 31.6 Å². The molecule has 0 aliphatic heterocycles. The van der Waals surface area contributed by atoms with Gasteiger partial charge in [-0.2, -0.15) is 17.9 Å². The van der Waals surface area contributed by atoms with Crippen molar-refractivity contribution in [2.45, 2.75) is 44.7 Å². The summed E-state index contributed by atoms with van der Waals surface area (Å²) in [6.07, 6.45) is 3.67. The molecule has 3 N–H and O–H groups in total. The number of nitrogens with one attached hydrogen (secondary N) is 2. The molecule has 88 valence electrons. The van der Waals surface area contributed by atoms with E-state index in [9.17, 15) is 13.2 Å². The van der Waals surface area contributed by atoms with Crippen LogP contribution < -0.4 is 9.44 Å². The van der Waals surface area contributed by atoms with Gasteiger partial charge in [-0.25, -0.2) is 0 Å². The summed E-state index contributed by atoms with van der Waals surface area (Å²) >= 11 is 0. The molecule has 0 radical (unpaired) electrons. The van der Waals surface area contributed by atoms with Crippen molar-refractivity contribution in [1.82, 2.24) is 9.44 Å². The van der Waals surface area contributed by atoms with Crippen LogP contribution in [0, 0.1) is 0 Å². The molecule has 1 aliphatic rings. The van der Waals surface area contributed by atoms with E-state index in [1.54, 1.807) is 0 Å². The minimum atomic E-state index is -3.69. The summed E-state index contributed by atoms with van der Waals surface area (Å²) in [5.74, 6) is -1.19. The van der Waals surface area contributed by atoms with E-state index < -0.39 is 22.2 Å². The molecule has 1 fully saturated rings. The molecule has 0 aromatic rings. The molecule has 0 amide bonds. The van der Waals surface area contributed by atoms with E-state index in [-0.39, 0.29) is 6.04 Å². The van der Waals surface area contributed by atoms with E-state index in [2.05, 4.69) is 4.72 Å². The molecule has 0 unspecified atom stereocenters. The van der Waals surface area contributed by atoms with Crippen LogP contribution in [0.5, 0.6) is 0 Å². The van der Waals surface area contributed by atoms with Crippen molar-refractivity contribution in [3.05, 3.63) is 0 Å². The molecular formula is C8H16N2O4S. The molecule has 0 spiro atoms. The number of carbonyl (C=O) groups is 1. The monoisotopic (exact) mass is 236 g/mol. The topological polar surface area (TPSA) is 95.5 Å². The molecular weight excluding hydrogens is 220 g/mol. The average molecular weight is 236 g/mol. The first-order valence-corrected chi connectivity index (χ1v) is 6.41. The van der Waals surface area contributed by atoms with E-state index in [1.165, 1.54) is 6.92 Å². The van der Waals surface area contributed by atoms with Crippen LogP contribution in [0.15, 0.2) is 0 Å². The molecule has 0 aromatic carbocycles. The first-order valence-electron chi connectivity index (χ1n) is 4.93. The zero-order valence-corrected chi connectivity index (χ0v) is 9.38. The minimum Gasteiger partial charge on any atom is -0.480 e. The second kappa shape index (κ2) is 4.91. The Bertz CT molecular complexity index is 322. The van der Waals surface area contributed by atoms with E-state index in [1.807, 2.05) is 4.72 Å². The Morgan fingerprint density at radius 2 is 1.93 bits per heavy atom. The summed E-state index contributed by atoms with van der Waals surface area (Å²) in [4.78, 5) is 10.5. The zero-order valence-electron chi connectivity index (χ0n) is 8.56. The summed E-state index contributed by atoms with van der Waals surface area (Å²) in [5.41, 5.74) is 0. The van der Waals surface area contributed by atoms with E-state index >= 15 is 0 Å². The summed E-state index contributed by atoms with van der Waals surface area (Å²) in [6, 6.07) is -1.16. The Morgan fingerprint density at radius 1 is 1.40 bits per heavy atom. The largest absolute Gasteiger partial charge is 0.480 e. The van der Waals surface area contributed by atoms with Crippen molar-refractivity contribution in [2.75, 3.05) is 0 Å². The molecule has 0 bridgehead atoms. The fraction of sp³-hybridized carbons (Fsp3) is 0.875. The summed E-state index contributed by atoms with van der Waals surface area (Å²) < 4.78 is 27.3. The van der Waals surface area contributed by atoms with Gasteiger partial charge in [0, 0.05) is 6.04 Å². The van der Waals surface area contributed by atoms with Gasteiger partial charge in [0.2, 0.25) is 0 Å². The fourth-order valence-corrected chi connectivity index (χ4v) is 2.89. The van der Waals surface area contributed by atoms with Crippen LogP contribution in [0.3, 0.4) is 0 Å². The highest BCUT2D eigenvalue weighted by Gasteiger charge is 2.24. The van der Waals surface area contributed by atoms with E-state index in [0.717, 1.165) is 25.7 Å². The molecule has 1 aliphatic carbocycles. The third-order valence-corrected chi connectivity index (χ3v) is 3.69. The van der Waals surface area contributed by atoms with Crippen molar-refractivity contribution in [2.24, 2.45) is 0 Å². The number of hydrogen-bond donors (Lipinski definition) is 3. The number of rotatable bonds is 5. The van der Waals surface area contributed by atoms with Crippen LogP contribution in [0.25, 0.3) is 0 Å². The van der Waals surface area contributed by atoms with Gasteiger partial charge in [0.05, 0.1) is 0 Å². The van der Waals surface area contributed by atoms with Crippen molar-refractivity contribution in [3.8, 4) is 0 Å². The third-order valence-electron chi connectivity index (χ3n) is 2.38. The van der Waals surface area contributed by atoms with Crippen LogP contribution in [-0.2, 0) is 15.0 Å². The lowest BCUT2D eigenvalue weighted by molar-refractivity contribution is -0.138. The Morgan fingerprint density at radius 3 is 2.40 bits per heavy atom. The highest BCUT2D eigenvalue weighted by molar-refractivity contribution is 7.87. The first kappa shape index (κ1) is 12.4. The van der Waals surface area contributed by atoms with Crippen LogP contribution >= 0.6 is 0 Å². The van der Waals surface area contributed by atoms with Gasteiger partial charge in [-0.3, -0.25) is 4.79 Å². The quantitative estimate of drug-likeness (QED) is 0.617. The third kappa shape index (κ3) is 4.15. The zero-order chi connectivity index (χ0) is 11.5. The van der Waals surface area contributed by atoms with Gasteiger partial charge in [-0.1, -0.05) is 12.8 Å². The second-order valence-electron chi connectivity index (χ2n) is 3.78. The number of carboxylic acid groups (broad SMARTS) is 1. The number of hydrogen-bond acceptors (Lipinski definition) is 3. The molecule has 15 heavy (non-hydrogen) atoms. The smallest absolute Gasteiger partial charge is 0.321 e. The first-order chi connectivity index (χ1) is 6.91. The van der Waals surface area contributed by atoms with Gasteiger partial charge in [-0.05, 0) is 19.8 Å². The average Bonchev–Trinajstić information content (AvgIpc) is 2.54. The van der Waals surface area contributed by atoms with Gasteiger partial charge in [-0.15, -0.1) is 0 Å². The molecule has 0 saturated heterocycles. The van der Waals surface area contributed by atoms with Gasteiger partial charge < -0.3 is 5.11 Å². The summed E-state index contributed by atoms with van der Waals surface area (Å²) in [5, 5.41) is 8.55. The van der Waals surface area contributed by atoms with E-state index in [0.29, 0.717) is 0 Å². The van der Waals surface area contributed by atoms with E-state index in [4.69, 9.17) is 5.11 Å². The Labute approximate surface area is 89.2 Å². The molecule has 1 rings (SSSR count). The fourth-order valence-electron chi connectivity index (χ4n) is 1.58. The standard InChI is InChI=1S/C8H16N2O4S/c1-6(8(11)12)9-15(13,14)10-7-4-2-3-5-7/h6-7,9-10H,2-5H2,1H3,(H,11,12)/t6-/m1/s1. The maximum Gasteiger partial charge on any atom is 0.321 e. The van der Waals surface area contributed by atoms with Gasteiger partial charge in [0.1, 0.15) is 6.04 Å². The normalized spacial score (nSPS) is 20.3. The summed E-state index contributed by atoms with van der Waals surface area (Å²) in [7, 11) is -3.69. The minimum absolute atomic E-state index is 0.0523. The van der Waals surface area contributed by atoms with Crippen molar-refractivity contribution < 1.29 is 18.3 Å². The molecule has 6 nitrogen and oxygen atoms in total. The lowest BCUT2D eigenvalue weighted by atomic mass is 10.3. The molecule has 0 heterocycles. The van der Waals surface area contributed by atoms with Crippen molar-refractivity contribution in [3.63, 3.8) is 0 Å². The van der Waals surface area contributed by atoms with Crippen molar-refractivity contribution in [1.29, 1.82) is 0 Å². The van der Waals surface area contributed by atoms with Crippen LogP contribution in [0.2, 0.25) is 0 Å². The SMILES string of the molecule is C[C@@H](NS(=O)(=O)NC1CCCC1)C(=O)O. The van der Waals surface area contributed by atoms with Gasteiger partial charge >= 0.3 is 5.97 Å². The lowest BCUT2D eigenvalue weighted by Gasteiger charge is -2.15. The maximum absolute atomic E-state index is 11.4. The molecule has 1 atom stereocenters. The van der Waals surface area contributed by atoms with Crippen LogP contribution in [0.1, 0.15) is 32.6 Å². The van der Waals surface area contributed by atoms with Crippen LogP contribution in [0.4, 0.5) is 0 Å². The number of aliphatic carboxylic acids is 1.